The summed E-state index contributed by atoms with van der Waals surface area (Å²) in [5, 5.41) is 17.4. The number of oxime groups is 1. The SMILES string of the molecule is N#CC1CCCC(C=NO[Si](c2ccccc2)(c2ccccc2)c2ccccc2)CC1. The minimum absolute atomic E-state index is 0.186. The van der Waals surface area contributed by atoms with Gasteiger partial charge in [-0.2, -0.15) is 5.26 Å². The molecule has 0 saturated heterocycles. The lowest BCUT2D eigenvalue weighted by molar-refractivity contribution is 0.346. The van der Waals surface area contributed by atoms with E-state index in [9.17, 15) is 5.26 Å². The second-order valence-electron chi connectivity index (χ2n) is 8.22. The lowest BCUT2D eigenvalue weighted by Gasteiger charge is -2.30. The summed E-state index contributed by atoms with van der Waals surface area (Å²) in [6, 6.07) is 33.9. The van der Waals surface area contributed by atoms with Crippen molar-refractivity contribution < 1.29 is 4.53 Å². The summed E-state index contributed by atoms with van der Waals surface area (Å²) in [5.74, 6) is 0.554. The molecule has 0 bridgehead atoms. The van der Waals surface area contributed by atoms with Gasteiger partial charge in [-0.1, -0.05) is 97.4 Å². The first-order valence-corrected chi connectivity index (χ1v) is 13.0. The van der Waals surface area contributed by atoms with E-state index in [4.69, 9.17) is 4.53 Å². The summed E-state index contributed by atoms with van der Waals surface area (Å²) in [4.78, 5) is 0. The Kier molecular flexibility index (Phi) is 6.96. The molecular formula is C27H28N2OSi. The third-order valence-electron chi connectivity index (χ3n) is 6.20. The molecule has 1 saturated carbocycles. The summed E-state index contributed by atoms with van der Waals surface area (Å²) in [5.41, 5.74) is 0. The number of hydrogen-bond acceptors (Lipinski definition) is 3. The number of rotatable bonds is 6. The first-order chi connectivity index (χ1) is 15.3. The minimum Gasteiger partial charge on any atom is -0.438 e. The summed E-state index contributed by atoms with van der Waals surface area (Å²) in [6.07, 6.45) is 7.09. The lowest BCUT2D eigenvalue weighted by Crippen LogP contribution is -2.68. The monoisotopic (exact) mass is 424 g/mol. The van der Waals surface area contributed by atoms with Crippen molar-refractivity contribution in [1.29, 1.82) is 5.26 Å². The summed E-state index contributed by atoms with van der Waals surface area (Å²) >= 11 is 0. The van der Waals surface area contributed by atoms with Crippen LogP contribution in [0.1, 0.15) is 32.1 Å². The number of hydrogen-bond donors (Lipinski definition) is 0. The van der Waals surface area contributed by atoms with E-state index in [1.807, 2.05) is 24.4 Å². The average Bonchev–Trinajstić information content (AvgIpc) is 3.09. The molecule has 2 unspecified atom stereocenters. The largest absolute Gasteiger partial charge is 0.438 e. The van der Waals surface area contributed by atoms with E-state index in [-0.39, 0.29) is 5.92 Å². The Bertz CT molecular complexity index is 919. The highest BCUT2D eigenvalue weighted by molar-refractivity contribution is 7.07. The highest BCUT2D eigenvalue weighted by Gasteiger charge is 2.44. The van der Waals surface area contributed by atoms with Gasteiger partial charge in [0, 0.05) is 12.1 Å². The Hall–Kier alpha value is -3.16. The van der Waals surface area contributed by atoms with Crippen molar-refractivity contribution in [3.63, 3.8) is 0 Å². The second kappa shape index (κ2) is 10.2. The molecule has 3 aromatic rings. The van der Waals surface area contributed by atoms with Gasteiger partial charge < -0.3 is 4.53 Å². The molecule has 0 N–H and O–H groups in total. The maximum atomic E-state index is 9.26. The Morgan fingerprint density at radius 3 is 1.74 bits per heavy atom. The third kappa shape index (κ3) is 4.78. The molecule has 31 heavy (non-hydrogen) atoms. The van der Waals surface area contributed by atoms with Gasteiger partial charge in [-0.15, -0.1) is 5.16 Å². The third-order valence-corrected chi connectivity index (χ3v) is 10.0. The average molecular weight is 425 g/mol. The van der Waals surface area contributed by atoms with E-state index in [2.05, 4.69) is 84.0 Å². The van der Waals surface area contributed by atoms with Crippen LogP contribution in [0.5, 0.6) is 0 Å². The van der Waals surface area contributed by atoms with Crippen molar-refractivity contribution in [2.24, 2.45) is 17.0 Å². The standard InChI is InChI=1S/C27H28N2OSi/c28-21-23-11-10-12-24(20-19-23)22-29-30-31(25-13-4-1-5-14-25,26-15-6-2-7-16-26)27-17-8-3-9-18-27/h1-9,13-18,22-24H,10-12,19-20H2. The van der Waals surface area contributed by atoms with Crippen LogP contribution in [0, 0.1) is 23.2 Å². The van der Waals surface area contributed by atoms with Crippen LogP contribution in [0.4, 0.5) is 0 Å². The van der Waals surface area contributed by atoms with Crippen molar-refractivity contribution in [2.45, 2.75) is 32.1 Å². The van der Waals surface area contributed by atoms with Gasteiger partial charge in [-0.3, -0.25) is 0 Å². The van der Waals surface area contributed by atoms with Gasteiger partial charge in [0.1, 0.15) is 0 Å². The van der Waals surface area contributed by atoms with E-state index < -0.39 is 8.32 Å². The summed E-state index contributed by atoms with van der Waals surface area (Å²) in [6.45, 7) is 0. The fourth-order valence-corrected chi connectivity index (χ4v) is 8.00. The van der Waals surface area contributed by atoms with Crippen LogP contribution in [0.25, 0.3) is 0 Å². The van der Waals surface area contributed by atoms with Crippen LogP contribution in [-0.4, -0.2) is 14.5 Å². The van der Waals surface area contributed by atoms with Crippen LogP contribution < -0.4 is 15.6 Å². The van der Waals surface area contributed by atoms with E-state index in [1.165, 1.54) is 15.6 Å². The van der Waals surface area contributed by atoms with Crippen molar-refractivity contribution in [1.82, 2.24) is 0 Å². The fraction of sp³-hybridized carbons (Fsp3) is 0.259. The van der Waals surface area contributed by atoms with Gasteiger partial charge in [-0.05, 0) is 47.2 Å². The van der Waals surface area contributed by atoms with Gasteiger partial charge in [0.25, 0.3) is 0 Å². The van der Waals surface area contributed by atoms with Crippen LogP contribution in [0.3, 0.4) is 0 Å². The zero-order valence-corrected chi connectivity index (χ0v) is 18.7. The smallest absolute Gasteiger partial charge is 0.380 e. The van der Waals surface area contributed by atoms with Crippen molar-refractivity contribution in [3.8, 4) is 6.07 Å². The van der Waals surface area contributed by atoms with E-state index >= 15 is 0 Å². The Morgan fingerprint density at radius 2 is 1.26 bits per heavy atom. The maximum Gasteiger partial charge on any atom is 0.380 e. The van der Waals surface area contributed by atoms with Gasteiger partial charge in [-0.25, -0.2) is 0 Å². The Balaban J connectivity index is 1.71. The quantitative estimate of drug-likeness (QED) is 0.194. The molecule has 3 aromatic carbocycles. The highest BCUT2D eigenvalue weighted by Crippen LogP contribution is 2.26. The van der Waals surface area contributed by atoms with E-state index in [0.29, 0.717) is 5.92 Å². The molecule has 0 radical (unpaired) electrons. The number of nitriles is 1. The number of nitrogens with zero attached hydrogens (tertiary/aromatic N) is 2. The number of benzene rings is 3. The zero-order valence-electron chi connectivity index (χ0n) is 17.7. The molecule has 0 amide bonds. The van der Waals surface area contributed by atoms with Crippen molar-refractivity contribution in [3.05, 3.63) is 91.0 Å². The van der Waals surface area contributed by atoms with Crippen molar-refractivity contribution >= 4 is 30.1 Å². The second-order valence-corrected chi connectivity index (χ2v) is 11.5. The summed E-state index contributed by atoms with van der Waals surface area (Å²) in [7, 11) is -2.79. The molecule has 3 nitrogen and oxygen atoms in total. The first-order valence-electron chi connectivity index (χ1n) is 11.1. The zero-order chi connectivity index (χ0) is 21.4. The lowest BCUT2D eigenvalue weighted by atomic mass is 10.0. The molecule has 0 spiro atoms. The molecule has 4 heteroatoms. The fourth-order valence-electron chi connectivity index (χ4n) is 4.48. The maximum absolute atomic E-state index is 9.26. The van der Waals surface area contributed by atoms with Crippen LogP contribution >= 0.6 is 0 Å². The predicted molar refractivity (Wildman–Crippen MR) is 129 cm³/mol. The molecule has 1 fully saturated rings. The molecule has 1 aliphatic carbocycles. The predicted octanol–water partition coefficient (Wildman–Crippen LogP) is 4.38. The van der Waals surface area contributed by atoms with Gasteiger partial charge >= 0.3 is 8.32 Å². The molecule has 2 atom stereocenters. The molecule has 0 aromatic heterocycles. The summed E-state index contributed by atoms with van der Waals surface area (Å²) < 4.78 is 6.63. The van der Waals surface area contributed by atoms with Gasteiger partial charge in [0.2, 0.25) is 0 Å². The topological polar surface area (TPSA) is 45.4 Å². The van der Waals surface area contributed by atoms with Gasteiger partial charge in [0.05, 0.1) is 6.07 Å². The minimum atomic E-state index is -2.79. The molecule has 0 heterocycles. The Labute approximate surface area is 186 Å². The molecule has 1 aliphatic rings. The Morgan fingerprint density at radius 1 is 0.742 bits per heavy atom. The van der Waals surface area contributed by atoms with Crippen LogP contribution in [-0.2, 0) is 4.53 Å². The van der Waals surface area contributed by atoms with Crippen LogP contribution in [0.2, 0.25) is 0 Å². The molecule has 4 rings (SSSR count). The first kappa shape index (κ1) is 21.1. The van der Waals surface area contributed by atoms with Crippen molar-refractivity contribution in [2.75, 3.05) is 0 Å². The van der Waals surface area contributed by atoms with E-state index in [0.717, 1.165) is 32.1 Å². The highest BCUT2D eigenvalue weighted by atomic mass is 28.4. The van der Waals surface area contributed by atoms with E-state index in [1.54, 1.807) is 0 Å². The normalized spacial score (nSPS) is 19.5. The van der Waals surface area contributed by atoms with Gasteiger partial charge in [0.15, 0.2) is 0 Å². The molecule has 0 aliphatic heterocycles. The molecular weight excluding hydrogens is 396 g/mol. The van der Waals surface area contributed by atoms with Crippen LogP contribution in [0.15, 0.2) is 96.2 Å². The molecule has 156 valence electrons.